The van der Waals surface area contributed by atoms with Crippen LogP contribution in [0, 0.1) is 13.8 Å². The van der Waals surface area contributed by atoms with E-state index >= 15 is 0 Å². The number of hydrogen-bond acceptors (Lipinski definition) is 4. The third-order valence-electron chi connectivity index (χ3n) is 7.37. The Balaban J connectivity index is 1.56. The van der Waals surface area contributed by atoms with Crippen LogP contribution in [0.1, 0.15) is 55.1 Å². The molecule has 1 aromatic carbocycles. The van der Waals surface area contributed by atoms with Crippen molar-refractivity contribution in [1.82, 2.24) is 24.3 Å². The molecule has 1 amide bonds. The summed E-state index contributed by atoms with van der Waals surface area (Å²) in [5.41, 5.74) is 5.17. The number of carbonyl (C=O) groups is 1. The molecule has 1 spiro atoms. The third kappa shape index (κ3) is 4.03. The number of fused-ring (bicyclic) bond motifs is 2. The van der Waals surface area contributed by atoms with Crippen LogP contribution in [0.5, 0.6) is 0 Å². The van der Waals surface area contributed by atoms with E-state index in [1.165, 1.54) is 16.7 Å². The van der Waals surface area contributed by atoms with Crippen molar-refractivity contribution in [3.63, 3.8) is 0 Å². The van der Waals surface area contributed by atoms with Crippen molar-refractivity contribution in [2.45, 2.75) is 64.7 Å². The molecule has 0 saturated carbocycles. The lowest BCUT2D eigenvalue weighted by Gasteiger charge is -2.52. The van der Waals surface area contributed by atoms with Crippen molar-refractivity contribution in [2.24, 2.45) is 0 Å². The van der Waals surface area contributed by atoms with Gasteiger partial charge in [0.1, 0.15) is 6.04 Å². The second-order valence-electron chi connectivity index (χ2n) is 10.0. The van der Waals surface area contributed by atoms with Crippen LogP contribution in [-0.2, 0) is 16.9 Å². The topological polar surface area (TPSA) is 44.6 Å². The number of hydrogen-bond donors (Lipinski definition) is 0. The lowest BCUT2D eigenvalue weighted by atomic mass is 9.82. The summed E-state index contributed by atoms with van der Waals surface area (Å²) in [5.74, 6) is 0.137. The molecule has 0 aliphatic carbocycles. The maximum absolute atomic E-state index is 13.1. The minimum Gasteiger partial charge on any atom is -0.347 e. The Bertz CT molecular complexity index is 939. The zero-order chi connectivity index (χ0) is 22.3. The first-order chi connectivity index (χ1) is 14.7. The van der Waals surface area contributed by atoms with Crippen LogP contribution in [-0.4, -0.2) is 69.9 Å². The van der Waals surface area contributed by atoms with Crippen LogP contribution in [0.4, 0.5) is 0 Å². The molecule has 168 valence electrons. The highest BCUT2D eigenvalue weighted by Gasteiger charge is 2.48. The van der Waals surface area contributed by atoms with Crippen LogP contribution in [0.15, 0.2) is 30.7 Å². The number of benzene rings is 1. The van der Waals surface area contributed by atoms with E-state index in [4.69, 9.17) is 0 Å². The summed E-state index contributed by atoms with van der Waals surface area (Å²) in [6.45, 7) is 12.8. The first kappa shape index (κ1) is 22.0. The van der Waals surface area contributed by atoms with Gasteiger partial charge in [0.25, 0.3) is 0 Å². The summed E-state index contributed by atoms with van der Waals surface area (Å²) in [6.07, 6.45) is 6.02. The molecule has 1 saturated heterocycles. The Hall–Kier alpha value is -2.18. The largest absolute Gasteiger partial charge is 0.347 e. The van der Waals surface area contributed by atoms with Gasteiger partial charge < -0.3 is 9.47 Å². The smallest absolute Gasteiger partial charge is 0.245 e. The van der Waals surface area contributed by atoms with E-state index in [0.29, 0.717) is 6.04 Å². The number of piperidine rings is 1. The number of nitrogens with zero attached hydrogens (tertiary/aromatic N) is 5. The molecule has 6 heteroatoms. The summed E-state index contributed by atoms with van der Waals surface area (Å²) < 4.78 is 2.34. The van der Waals surface area contributed by atoms with Crippen LogP contribution < -0.4 is 0 Å². The van der Waals surface area contributed by atoms with E-state index in [1.807, 2.05) is 26.6 Å². The molecule has 2 aromatic rings. The van der Waals surface area contributed by atoms with Gasteiger partial charge in [0.05, 0.1) is 23.8 Å². The van der Waals surface area contributed by atoms with Crippen molar-refractivity contribution in [1.29, 1.82) is 0 Å². The molecule has 1 atom stereocenters. The van der Waals surface area contributed by atoms with Gasteiger partial charge in [-0.2, -0.15) is 0 Å². The molecule has 1 fully saturated rings. The van der Waals surface area contributed by atoms with Gasteiger partial charge in [-0.25, -0.2) is 4.98 Å². The second-order valence-corrected chi connectivity index (χ2v) is 10.0. The first-order valence-electron chi connectivity index (χ1n) is 11.5. The average molecular weight is 424 g/mol. The highest BCUT2D eigenvalue weighted by atomic mass is 16.2. The molecule has 0 radical (unpaired) electrons. The molecule has 31 heavy (non-hydrogen) atoms. The van der Waals surface area contributed by atoms with Crippen molar-refractivity contribution in [3.05, 3.63) is 53.1 Å². The Morgan fingerprint density at radius 1 is 1.19 bits per heavy atom. The standard InChI is InChI=1S/C25H37N5O/c1-18(2)29-16-25(30-17-26-14-22(30)23(29)24(31)27(5)6)9-11-28(12-10-25)15-21-8-7-19(3)20(4)13-21/h7-8,13-14,17-18,23H,9-12,15-16H2,1-6H3/t23-/m0/s1. The third-order valence-corrected chi connectivity index (χ3v) is 7.37. The maximum atomic E-state index is 13.1. The van der Waals surface area contributed by atoms with Gasteiger partial charge in [0, 0.05) is 46.3 Å². The van der Waals surface area contributed by atoms with Crippen molar-refractivity contribution < 1.29 is 4.79 Å². The van der Waals surface area contributed by atoms with Crippen LogP contribution in [0.25, 0.3) is 0 Å². The Kier molecular flexibility index (Phi) is 5.97. The zero-order valence-electron chi connectivity index (χ0n) is 19.9. The van der Waals surface area contributed by atoms with Crippen molar-refractivity contribution >= 4 is 5.91 Å². The number of rotatable bonds is 4. The lowest BCUT2D eigenvalue weighted by Crippen LogP contribution is -2.60. The Labute approximate surface area is 186 Å². The molecule has 6 nitrogen and oxygen atoms in total. The molecule has 1 aromatic heterocycles. The van der Waals surface area contributed by atoms with E-state index in [9.17, 15) is 4.79 Å². The predicted octanol–water partition coefficient (Wildman–Crippen LogP) is 3.34. The fourth-order valence-corrected chi connectivity index (χ4v) is 5.26. The van der Waals surface area contributed by atoms with Gasteiger partial charge in [-0.05, 0) is 57.2 Å². The molecular formula is C25H37N5O. The average Bonchev–Trinajstić information content (AvgIpc) is 3.22. The summed E-state index contributed by atoms with van der Waals surface area (Å²) in [4.78, 5) is 24.3. The van der Waals surface area contributed by atoms with Gasteiger partial charge in [-0.15, -0.1) is 0 Å². The van der Waals surface area contributed by atoms with Crippen LogP contribution >= 0.6 is 0 Å². The van der Waals surface area contributed by atoms with Crippen LogP contribution in [0.3, 0.4) is 0 Å². The van der Waals surface area contributed by atoms with E-state index < -0.39 is 0 Å². The minimum absolute atomic E-state index is 0.0128. The Morgan fingerprint density at radius 3 is 2.52 bits per heavy atom. The number of aryl methyl sites for hydroxylation is 2. The molecule has 4 rings (SSSR count). The molecule has 2 aliphatic heterocycles. The molecule has 0 N–H and O–H groups in total. The van der Waals surface area contributed by atoms with E-state index in [-0.39, 0.29) is 17.5 Å². The van der Waals surface area contributed by atoms with Crippen molar-refractivity contribution in [3.8, 4) is 0 Å². The second kappa shape index (κ2) is 8.40. The van der Waals surface area contributed by atoms with E-state index in [1.54, 1.807) is 4.90 Å². The summed E-state index contributed by atoms with van der Waals surface area (Å²) in [7, 11) is 3.69. The maximum Gasteiger partial charge on any atom is 0.245 e. The van der Waals surface area contributed by atoms with Gasteiger partial charge in [-0.3, -0.25) is 14.6 Å². The van der Waals surface area contributed by atoms with Gasteiger partial charge in [0.15, 0.2) is 0 Å². The lowest BCUT2D eigenvalue weighted by molar-refractivity contribution is -0.138. The van der Waals surface area contributed by atoms with E-state index in [0.717, 1.165) is 44.7 Å². The highest BCUT2D eigenvalue weighted by Crippen LogP contribution is 2.42. The molecule has 0 unspecified atom stereocenters. The Morgan fingerprint density at radius 2 is 1.90 bits per heavy atom. The fourth-order valence-electron chi connectivity index (χ4n) is 5.26. The molecule has 0 bridgehead atoms. The minimum atomic E-state index is -0.253. The molecule has 3 heterocycles. The quantitative estimate of drug-likeness (QED) is 0.757. The summed E-state index contributed by atoms with van der Waals surface area (Å²) in [5, 5.41) is 0. The van der Waals surface area contributed by atoms with Gasteiger partial charge >= 0.3 is 0 Å². The number of likely N-dealkylation sites (N-methyl/N-ethyl adjacent to an activating group) is 1. The number of likely N-dealkylation sites (tertiary alicyclic amines) is 1. The predicted molar refractivity (Wildman–Crippen MR) is 124 cm³/mol. The summed E-state index contributed by atoms with van der Waals surface area (Å²) in [6, 6.07) is 6.86. The number of imidazole rings is 1. The van der Waals surface area contributed by atoms with Gasteiger partial charge in [-0.1, -0.05) is 18.2 Å². The summed E-state index contributed by atoms with van der Waals surface area (Å²) >= 11 is 0. The first-order valence-corrected chi connectivity index (χ1v) is 11.5. The monoisotopic (exact) mass is 423 g/mol. The van der Waals surface area contributed by atoms with Crippen LogP contribution in [0.2, 0.25) is 0 Å². The number of carbonyl (C=O) groups excluding carboxylic acids is 1. The zero-order valence-corrected chi connectivity index (χ0v) is 19.9. The molecule has 2 aliphatic rings. The SMILES string of the molecule is Cc1ccc(CN2CCC3(CC2)CN(C(C)C)[C@H](C(=O)N(C)C)c2cncn23)cc1C. The normalized spacial score (nSPS) is 21.5. The fraction of sp³-hybridized carbons (Fsp3) is 0.600. The number of amides is 1. The van der Waals surface area contributed by atoms with Crippen molar-refractivity contribution in [2.75, 3.05) is 33.7 Å². The van der Waals surface area contributed by atoms with Gasteiger partial charge in [0.2, 0.25) is 5.91 Å². The highest BCUT2D eigenvalue weighted by molar-refractivity contribution is 5.82. The van der Waals surface area contributed by atoms with E-state index in [2.05, 4.69) is 65.2 Å². The molecular weight excluding hydrogens is 386 g/mol. The number of aromatic nitrogens is 2.